The topological polar surface area (TPSA) is 75.3 Å². The molecule has 130 valence electrons. The Kier molecular flexibility index (Phi) is 6.12. The Morgan fingerprint density at radius 1 is 1.35 bits per heavy atom. The number of hydrogen-bond acceptors (Lipinski definition) is 4. The van der Waals surface area contributed by atoms with Gasteiger partial charge in [-0.15, -0.1) is 12.4 Å². The van der Waals surface area contributed by atoms with E-state index in [1.807, 2.05) is 0 Å². The van der Waals surface area contributed by atoms with E-state index in [9.17, 15) is 22.0 Å². The smallest absolute Gasteiger partial charge is 0.262 e. The fraction of sp³-hybridized carbons (Fsp3) is 0.500. The van der Waals surface area contributed by atoms with Crippen molar-refractivity contribution in [2.24, 2.45) is 0 Å². The number of hydrogen-bond donors (Lipinski definition) is 2. The summed E-state index contributed by atoms with van der Waals surface area (Å²) in [5.41, 5.74) is 0.700. The highest BCUT2D eigenvalue weighted by Gasteiger charge is 2.42. The molecule has 1 heterocycles. The maximum Gasteiger partial charge on any atom is 0.262 e. The zero-order chi connectivity index (χ0) is 16.5. The van der Waals surface area contributed by atoms with Crippen molar-refractivity contribution >= 4 is 28.2 Å². The van der Waals surface area contributed by atoms with E-state index in [1.165, 1.54) is 12.1 Å². The fourth-order valence-corrected chi connectivity index (χ4v) is 2.93. The minimum Gasteiger partial charge on any atom is -0.348 e. The monoisotopic (exact) mass is 368 g/mol. The van der Waals surface area contributed by atoms with Crippen molar-refractivity contribution in [3.05, 3.63) is 29.8 Å². The van der Waals surface area contributed by atoms with Crippen LogP contribution in [0.5, 0.6) is 0 Å². The van der Waals surface area contributed by atoms with Crippen molar-refractivity contribution in [2.75, 3.05) is 12.8 Å². The molecule has 0 bridgehead atoms. The molecule has 0 aromatic heterocycles. The van der Waals surface area contributed by atoms with Crippen LogP contribution in [0, 0.1) is 0 Å². The number of carbonyl (C=O) groups is 1. The quantitative estimate of drug-likeness (QED) is 0.848. The molecule has 1 aromatic carbocycles. The van der Waals surface area contributed by atoms with E-state index in [4.69, 9.17) is 0 Å². The molecule has 2 rings (SSSR count). The first-order valence-corrected chi connectivity index (χ1v) is 8.69. The summed E-state index contributed by atoms with van der Waals surface area (Å²) in [4.78, 5) is 12.1. The van der Waals surface area contributed by atoms with Crippen molar-refractivity contribution in [3.63, 3.8) is 0 Å². The van der Waals surface area contributed by atoms with Crippen LogP contribution in [-0.4, -0.2) is 39.1 Å². The van der Waals surface area contributed by atoms with Gasteiger partial charge in [-0.1, -0.05) is 12.1 Å². The van der Waals surface area contributed by atoms with Crippen LogP contribution in [0.25, 0.3) is 0 Å². The Labute approximate surface area is 140 Å². The molecule has 1 aromatic rings. The molecule has 0 radical (unpaired) electrons. The molecule has 23 heavy (non-hydrogen) atoms. The second-order valence-corrected chi connectivity index (χ2v) is 7.58. The van der Waals surface area contributed by atoms with Crippen LogP contribution in [0.3, 0.4) is 0 Å². The van der Waals surface area contributed by atoms with E-state index in [1.54, 1.807) is 19.1 Å². The Morgan fingerprint density at radius 2 is 1.91 bits per heavy atom. The summed E-state index contributed by atoms with van der Waals surface area (Å²) >= 11 is 0. The molecular weight excluding hydrogens is 350 g/mol. The second kappa shape index (κ2) is 7.11. The predicted molar refractivity (Wildman–Crippen MR) is 84.7 cm³/mol. The second-order valence-electron chi connectivity index (χ2n) is 5.57. The third-order valence-electron chi connectivity index (χ3n) is 3.59. The molecule has 9 heteroatoms. The Bertz CT molecular complexity index is 665. The maximum atomic E-state index is 13.1. The van der Waals surface area contributed by atoms with E-state index in [2.05, 4.69) is 10.6 Å². The van der Waals surface area contributed by atoms with Crippen molar-refractivity contribution in [1.82, 2.24) is 10.6 Å². The van der Waals surface area contributed by atoms with Gasteiger partial charge in [-0.2, -0.15) is 0 Å². The highest BCUT2D eigenvalue weighted by Crippen LogP contribution is 2.25. The van der Waals surface area contributed by atoms with Gasteiger partial charge in [0.05, 0.1) is 23.5 Å². The molecule has 0 spiro atoms. The van der Waals surface area contributed by atoms with E-state index in [0.717, 1.165) is 6.26 Å². The summed E-state index contributed by atoms with van der Waals surface area (Å²) in [6, 6.07) is 4.78. The highest BCUT2D eigenvalue weighted by atomic mass is 35.5. The lowest BCUT2D eigenvalue weighted by Crippen LogP contribution is -2.41. The molecule has 1 amide bonds. The van der Waals surface area contributed by atoms with E-state index >= 15 is 0 Å². The molecule has 1 fully saturated rings. The van der Waals surface area contributed by atoms with Crippen LogP contribution >= 0.6 is 12.4 Å². The van der Waals surface area contributed by atoms with E-state index in [-0.39, 0.29) is 17.3 Å². The molecular formula is C14H19ClF2N2O3S. The lowest BCUT2D eigenvalue weighted by molar-refractivity contribution is -0.124. The van der Waals surface area contributed by atoms with E-state index in [0.29, 0.717) is 5.56 Å². The summed E-state index contributed by atoms with van der Waals surface area (Å²) in [5.74, 6) is -3.35. The van der Waals surface area contributed by atoms with Gasteiger partial charge < -0.3 is 5.32 Å². The van der Waals surface area contributed by atoms with Crippen LogP contribution in [0.1, 0.15) is 24.9 Å². The van der Waals surface area contributed by atoms with Crippen LogP contribution < -0.4 is 10.6 Å². The Hall–Kier alpha value is -1.25. The zero-order valence-corrected chi connectivity index (χ0v) is 14.3. The van der Waals surface area contributed by atoms with Gasteiger partial charge in [0, 0.05) is 12.7 Å². The molecule has 1 aliphatic heterocycles. The molecule has 0 saturated carbocycles. The third-order valence-corrected chi connectivity index (χ3v) is 4.72. The molecule has 5 nitrogen and oxygen atoms in total. The van der Waals surface area contributed by atoms with Crippen molar-refractivity contribution in [2.45, 2.75) is 36.2 Å². The number of amides is 1. The summed E-state index contributed by atoms with van der Waals surface area (Å²) in [6.07, 6.45) is 0.595. The number of alkyl halides is 2. The molecule has 2 unspecified atom stereocenters. The lowest BCUT2D eigenvalue weighted by atomic mass is 10.1. The van der Waals surface area contributed by atoms with Gasteiger partial charge in [0.25, 0.3) is 5.92 Å². The summed E-state index contributed by atoms with van der Waals surface area (Å²) in [5, 5.41) is 5.14. The van der Waals surface area contributed by atoms with Crippen LogP contribution in [0.4, 0.5) is 8.78 Å². The Morgan fingerprint density at radius 3 is 2.35 bits per heavy atom. The van der Waals surface area contributed by atoms with Gasteiger partial charge in [0.1, 0.15) is 0 Å². The molecule has 0 aliphatic carbocycles. The first-order valence-electron chi connectivity index (χ1n) is 6.80. The minimum atomic E-state index is -3.28. The predicted octanol–water partition coefficient (Wildman–Crippen LogP) is 1.69. The number of halogens is 3. The first-order chi connectivity index (χ1) is 10.1. The number of benzene rings is 1. The Balaban J connectivity index is 0.00000264. The summed E-state index contributed by atoms with van der Waals surface area (Å²) in [7, 11) is -3.28. The molecule has 1 saturated heterocycles. The van der Waals surface area contributed by atoms with Gasteiger partial charge in [0.15, 0.2) is 9.84 Å². The third kappa shape index (κ3) is 5.12. The average molecular weight is 369 g/mol. The summed E-state index contributed by atoms with van der Waals surface area (Å²) < 4.78 is 48.9. The number of sulfone groups is 1. The fourth-order valence-electron chi connectivity index (χ4n) is 2.30. The van der Waals surface area contributed by atoms with Gasteiger partial charge in [-0.05, 0) is 24.6 Å². The normalized spacial score (nSPS) is 21.3. The number of rotatable bonds is 4. The SMILES string of the molecule is CC(NC(=O)C1CC(F)(F)CN1)c1ccc(S(C)(=O)=O)cc1.Cl. The minimum absolute atomic E-state index is 0. The van der Waals surface area contributed by atoms with Crippen molar-refractivity contribution in [3.8, 4) is 0 Å². The number of nitrogens with one attached hydrogen (secondary N) is 2. The average Bonchev–Trinajstić information content (AvgIpc) is 2.78. The number of carbonyl (C=O) groups excluding carboxylic acids is 1. The van der Waals surface area contributed by atoms with Crippen molar-refractivity contribution < 1.29 is 22.0 Å². The molecule has 1 aliphatic rings. The van der Waals surface area contributed by atoms with Crippen LogP contribution in [0.15, 0.2) is 29.2 Å². The van der Waals surface area contributed by atoms with Crippen molar-refractivity contribution in [1.29, 1.82) is 0 Å². The van der Waals surface area contributed by atoms with Gasteiger partial charge in [-0.3, -0.25) is 10.1 Å². The standard InChI is InChI=1S/C14H18F2N2O3S.ClH/c1-9(10-3-5-11(6-4-10)22(2,20)21)18-13(19)12-7-14(15,16)8-17-12;/h3-6,9,12,17H,7-8H2,1-2H3,(H,18,19);1H. The largest absolute Gasteiger partial charge is 0.348 e. The molecule has 2 N–H and O–H groups in total. The van der Waals surface area contributed by atoms with Gasteiger partial charge in [0.2, 0.25) is 5.91 Å². The molecule has 2 atom stereocenters. The zero-order valence-electron chi connectivity index (χ0n) is 12.7. The lowest BCUT2D eigenvalue weighted by Gasteiger charge is -2.17. The van der Waals surface area contributed by atoms with Crippen LogP contribution in [0.2, 0.25) is 0 Å². The summed E-state index contributed by atoms with van der Waals surface area (Å²) in [6.45, 7) is 1.21. The highest BCUT2D eigenvalue weighted by molar-refractivity contribution is 7.90. The van der Waals surface area contributed by atoms with Gasteiger partial charge >= 0.3 is 0 Å². The van der Waals surface area contributed by atoms with Gasteiger partial charge in [-0.25, -0.2) is 17.2 Å². The van der Waals surface area contributed by atoms with E-state index < -0.39 is 46.7 Å². The van der Waals surface area contributed by atoms with Crippen LogP contribution in [-0.2, 0) is 14.6 Å². The first kappa shape index (κ1) is 19.8. The maximum absolute atomic E-state index is 13.1.